The van der Waals surface area contributed by atoms with Crippen LogP contribution in [-0.2, 0) is 42.9 Å². The Hall–Kier alpha value is -2.75. The SMILES string of the molecule is CC(=O)O[C@H]1C[C@@]2(C)[C@H](C[C@H]1OC(C)=O)C(=O)C=C1[C@@H]2CC[C@]2(C)[C@@H]([C@@](C)(O)[C@@H](CCC(C)(C)OC(C)=O)OC(C)=O)CC[C@@H]12. The zero-order valence-corrected chi connectivity index (χ0v) is 28.4. The molecule has 0 saturated heterocycles. The summed E-state index contributed by atoms with van der Waals surface area (Å²) < 4.78 is 22.5. The second kappa shape index (κ2) is 12.5. The van der Waals surface area contributed by atoms with E-state index in [4.69, 9.17) is 18.9 Å². The Morgan fingerprint density at radius 2 is 1.47 bits per heavy atom. The normalized spacial score (nSPS) is 36.2. The van der Waals surface area contributed by atoms with Crippen LogP contribution in [0.3, 0.4) is 0 Å². The lowest BCUT2D eigenvalue weighted by Crippen LogP contribution is -2.58. The average Bonchev–Trinajstić information content (AvgIpc) is 3.24. The summed E-state index contributed by atoms with van der Waals surface area (Å²) in [5, 5.41) is 12.3. The molecule has 45 heavy (non-hydrogen) atoms. The van der Waals surface area contributed by atoms with Crippen molar-refractivity contribution in [2.75, 3.05) is 0 Å². The fourth-order valence-corrected chi connectivity index (χ4v) is 9.80. The summed E-state index contributed by atoms with van der Waals surface area (Å²) in [5.41, 5.74) is -1.91. The molecular formula is C35H52O10. The number of hydrogen-bond acceptors (Lipinski definition) is 10. The Labute approximate surface area is 266 Å². The van der Waals surface area contributed by atoms with Crippen LogP contribution in [0.2, 0.25) is 0 Å². The number of rotatable bonds is 9. The third-order valence-corrected chi connectivity index (χ3v) is 11.6. The highest BCUT2D eigenvalue weighted by Crippen LogP contribution is 2.67. The zero-order valence-electron chi connectivity index (χ0n) is 28.4. The molecule has 0 unspecified atom stereocenters. The molecule has 0 aromatic rings. The molecule has 1 N–H and O–H groups in total. The first-order valence-electron chi connectivity index (χ1n) is 16.4. The monoisotopic (exact) mass is 632 g/mol. The molecule has 0 aromatic carbocycles. The van der Waals surface area contributed by atoms with E-state index in [2.05, 4.69) is 13.8 Å². The van der Waals surface area contributed by atoms with E-state index < -0.39 is 58.8 Å². The van der Waals surface area contributed by atoms with E-state index in [1.807, 2.05) is 6.08 Å². The van der Waals surface area contributed by atoms with Crippen molar-refractivity contribution in [3.63, 3.8) is 0 Å². The van der Waals surface area contributed by atoms with Crippen molar-refractivity contribution in [1.29, 1.82) is 0 Å². The maximum absolute atomic E-state index is 13.8. The molecule has 0 aromatic heterocycles. The van der Waals surface area contributed by atoms with E-state index in [0.717, 1.165) is 24.8 Å². The summed E-state index contributed by atoms with van der Waals surface area (Å²) >= 11 is 0. The van der Waals surface area contributed by atoms with Crippen LogP contribution in [-0.4, -0.2) is 64.3 Å². The van der Waals surface area contributed by atoms with Crippen LogP contribution in [0.15, 0.2) is 11.6 Å². The molecule has 0 spiro atoms. The predicted molar refractivity (Wildman–Crippen MR) is 163 cm³/mol. The number of ether oxygens (including phenoxy) is 4. The Bertz CT molecular complexity index is 1250. The zero-order chi connectivity index (χ0) is 33.7. The van der Waals surface area contributed by atoms with Gasteiger partial charge in [0.25, 0.3) is 0 Å². The van der Waals surface area contributed by atoms with Crippen LogP contribution < -0.4 is 0 Å². The average molecular weight is 633 g/mol. The van der Waals surface area contributed by atoms with Gasteiger partial charge in [0.2, 0.25) is 0 Å². The second-order valence-corrected chi connectivity index (χ2v) is 15.3. The molecule has 0 heterocycles. The highest BCUT2D eigenvalue weighted by Gasteiger charge is 2.64. The standard InChI is InChI=1S/C35H52O10/c1-19(36)42-28-17-26-27(40)16-23-24-10-11-30(33(24,7)15-12-25(23)34(26,8)18-29(28)43-20(2)37)35(9,41)31(44-21(3)38)13-14-32(5,6)45-22(4)39/h16,24-26,28-31,41H,10-15,17-18H2,1-9H3/t24-,25-,26+,28+,29-,30-,31+,33-,34+,35+/m0/s1. The quantitative estimate of drug-likeness (QED) is 0.272. The predicted octanol–water partition coefficient (Wildman–Crippen LogP) is 5.02. The fraction of sp³-hybridized carbons (Fsp3) is 0.800. The minimum Gasteiger partial charge on any atom is -0.460 e. The van der Waals surface area contributed by atoms with Gasteiger partial charge in [-0.2, -0.15) is 0 Å². The highest BCUT2D eigenvalue weighted by molar-refractivity contribution is 5.94. The molecule has 10 atom stereocenters. The number of allylic oxidation sites excluding steroid dienone is 2. The van der Waals surface area contributed by atoms with E-state index >= 15 is 0 Å². The third kappa shape index (κ3) is 6.86. The lowest BCUT2D eigenvalue weighted by Gasteiger charge is -2.58. The number of carbonyl (C=O) groups is 5. The number of carbonyl (C=O) groups excluding carboxylic acids is 5. The van der Waals surface area contributed by atoms with Gasteiger partial charge in [-0.05, 0) is 107 Å². The highest BCUT2D eigenvalue weighted by atomic mass is 16.6. The van der Waals surface area contributed by atoms with Crippen LogP contribution in [0.25, 0.3) is 0 Å². The number of aliphatic hydroxyl groups is 1. The lowest BCUT2D eigenvalue weighted by atomic mass is 9.47. The summed E-state index contributed by atoms with van der Waals surface area (Å²) in [6.07, 6.45) is 4.19. The first-order valence-corrected chi connectivity index (χ1v) is 16.4. The molecule has 0 bridgehead atoms. The van der Waals surface area contributed by atoms with E-state index in [-0.39, 0.29) is 34.9 Å². The van der Waals surface area contributed by atoms with E-state index in [0.29, 0.717) is 32.1 Å². The maximum Gasteiger partial charge on any atom is 0.303 e. The van der Waals surface area contributed by atoms with E-state index in [9.17, 15) is 29.1 Å². The minimum atomic E-state index is -1.37. The summed E-state index contributed by atoms with van der Waals surface area (Å²) in [6, 6.07) is 0. The number of esters is 4. The van der Waals surface area contributed by atoms with Crippen LogP contribution in [0.5, 0.6) is 0 Å². The van der Waals surface area contributed by atoms with Crippen molar-refractivity contribution in [3.8, 4) is 0 Å². The number of fused-ring (bicyclic) bond motifs is 5. The first-order chi connectivity index (χ1) is 20.7. The third-order valence-electron chi connectivity index (χ3n) is 11.6. The van der Waals surface area contributed by atoms with Crippen LogP contribution in [0.4, 0.5) is 0 Å². The van der Waals surface area contributed by atoms with Crippen LogP contribution >= 0.6 is 0 Å². The molecule has 3 fully saturated rings. The van der Waals surface area contributed by atoms with Crippen molar-refractivity contribution >= 4 is 29.7 Å². The second-order valence-electron chi connectivity index (χ2n) is 15.3. The van der Waals surface area contributed by atoms with Crippen LogP contribution in [0.1, 0.15) is 114 Å². The Balaban J connectivity index is 1.62. The van der Waals surface area contributed by atoms with Crippen LogP contribution in [0, 0.1) is 34.5 Å². The van der Waals surface area contributed by atoms with E-state index in [1.54, 1.807) is 20.8 Å². The first kappa shape index (κ1) is 35.1. The van der Waals surface area contributed by atoms with Gasteiger partial charge in [-0.1, -0.05) is 19.4 Å². The maximum atomic E-state index is 13.8. The molecule has 10 heteroatoms. The molecule has 3 saturated carbocycles. The molecule has 4 aliphatic carbocycles. The summed E-state index contributed by atoms with van der Waals surface area (Å²) in [4.78, 5) is 61.6. The molecule has 4 aliphatic rings. The van der Waals surface area contributed by atoms with Gasteiger partial charge in [-0.3, -0.25) is 24.0 Å². The fourth-order valence-electron chi connectivity index (χ4n) is 9.80. The van der Waals surface area contributed by atoms with Gasteiger partial charge >= 0.3 is 23.9 Å². The molecule has 4 rings (SSSR count). The summed E-state index contributed by atoms with van der Waals surface area (Å²) in [5.74, 6) is -2.26. The number of hydrogen-bond donors (Lipinski definition) is 1. The van der Waals surface area contributed by atoms with Gasteiger partial charge in [0.05, 0.1) is 0 Å². The smallest absolute Gasteiger partial charge is 0.303 e. The van der Waals surface area contributed by atoms with Gasteiger partial charge in [-0.25, -0.2) is 0 Å². The Morgan fingerprint density at radius 3 is 2.04 bits per heavy atom. The molecule has 0 radical (unpaired) electrons. The number of ketones is 1. The Kier molecular flexibility index (Phi) is 9.72. The Morgan fingerprint density at radius 1 is 0.867 bits per heavy atom. The molecule has 0 amide bonds. The van der Waals surface area contributed by atoms with Gasteiger partial charge in [0.1, 0.15) is 29.5 Å². The van der Waals surface area contributed by atoms with Gasteiger partial charge < -0.3 is 24.1 Å². The van der Waals surface area contributed by atoms with Crippen molar-refractivity contribution in [3.05, 3.63) is 11.6 Å². The van der Waals surface area contributed by atoms with Gasteiger partial charge in [-0.15, -0.1) is 0 Å². The van der Waals surface area contributed by atoms with Crippen molar-refractivity contribution < 1.29 is 48.0 Å². The van der Waals surface area contributed by atoms with E-state index in [1.165, 1.54) is 27.7 Å². The molecule has 10 nitrogen and oxygen atoms in total. The summed E-state index contributed by atoms with van der Waals surface area (Å²) in [6.45, 7) is 15.0. The topological polar surface area (TPSA) is 143 Å². The van der Waals surface area contributed by atoms with Crippen molar-refractivity contribution in [2.45, 2.75) is 143 Å². The van der Waals surface area contributed by atoms with Gasteiger partial charge in [0.15, 0.2) is 5.78 Å². The molecular weight excluding hydrogens is 580 g/mol. The molecule has 0 aliphatic heterocycles. The van der Waals surface area contributed by atoms with Crippen molar-refractivity contribution in [2.24, 2.45) is 34.5 Å². The molecule has 252 valence electrons. The summed E-state index contributed by atoms with van der Waals surface area (Å²) in [7, 11) is 0. The lowest BCUT2D eigenvalue weighted by molar-refractivity contribution is -0.187. The largest absolute Gasteiger partial charge is 0.460 e. The van der Waals surface area contributed by atoms with Crippen molar-refractivity contribution in [1.82, 2.24) is 0 Å². The minimum absolute atomic E-state index is 0.00660. The van der Waals surface area contributed by atoms with Gasteiger partial charge in [0, 0.05) is 33.6 Å².